The van der Waals surface area contributed by atoms with Crippen molar-refractivity contribution in [2.24, 2.45) is 5.73 Å². The molecule has 0 saturated heterocycles. The molecule has 0 aliphatic heterocycles. The summed E-state index contributed by atoms with van der Waals surface area (Å²) in [5, 5.41) is 11.6. The van der Waals surface area contributed by atoms with Crippen molar-refractivity contribution in [2.75, 3.05) is 0 Å². The molecule has 0 bridgehead atoms. The number of aromatic nitrogens is 5. The summed E-state index contributed by atoms with van der Waals surface area (Å²) in [6, 6.07) is 0. The van der Waals surface area contributed by atoms with Crippen LogP contribution in [0.15, 0.2) is 10.7 Å². The molecule has 2 rings (SSSR count). The molecule has 2 aromatic heterocycles. The largest absolute Gasteiger partial charge is 0.337 e. The molecule has 86 valence electrons. The summed E-state index contributed by atoms with van der Waals surface area (Å²) in [7, 11) is 0. The second kappa shape index (κ2) is 4.40. The number of nitrogens with zero attached hydrogens (tertiary/aromatic N) is 5. The van der Waals surface area contributed by atoms with E-state index in [9.17, 15) is 0 Å². The fraction of sp³-hybridized carbons (Fsp3) is 0.556. The van der Waals surface area contributed by atoms with E-state index in [0.29, 0.717) is 24.8 Å². The van der Waals surface area contributed by atoms with Crippen molar-refractivity contribution in [2.45, 2.75) is 32.9 Å². The highest BCUT2D eigenvalue weighted by molar-refractivity contribution is 4.94. The highest BCUT2D eigenvalue weighted by Crippen LogP contribution is 2.10. The minimum absolute atomic E-state index is 0.257. The summed E-state index contributed by atoms with van der Waals surface area (Å²) in [4.78, 5) is 4.24. The van der Waals surface area contributed by atoms with Crippen LogP contribution in [0.3, 0.4) is 0 Å². The van der Waals surface area contributed by atoms with Gasteiger partial charge in [-0.1, -0.05) is 24.2 Å². The summed E-state index contributed by atoms with van der Waals surface area (Å²) < 4.78 is 6.72. The first-order chi connectivity index (χ1) is 7.69. The quantitative estimate of drug-likeness (QED) is 0.798. The van der Waals surface area contributed by atoms with Crippen LogP contribution in [0.2, 0.25) is 0 Å². The molecule has 0 spiro atoms. The zero-order chi connectivity index (χ0) is 11.5. The third-order valence-electron chi connectivity index (χ3n) is 2.09. The average molecular weight is 222 g/mol. The first-order valence-electron chi connectivity index (χ1n) is 5.10. The molecule has 2 N–H and O–H groups in total. The van der Waals surface area contributed by atoms with Crippen molar-refractivity contribution in [3.63, 3.8) is 0 Å². The molecule has 0 unspecified atom stereocenters. The fourth-order valence-electron chi connectivity index (χ4n) is 1.21. The zero-order valence-corrected chi connectivity index (χ0v) is 9.29. The molecule has 7 nitrogen and oxygen atoms in total. The zero-order valence-electron chi connectivity index (χ0n) is 9.29. The summed E-state index contributed by atoms with van der Waals surface area (Å²) in [6.07, 6.45) is 1.76. The minimum atomic E-state index is 0.257. The molecule has 2 heterocycles. The Hall–Kier alpha value is -1.76. The number of hydrogen-bond acceptors (Lipinski definition) is 6. The normalized spacial score (nSPS) is 11.2. The Morgan fingerprint density at radius 1 is 1.50 bits per heavy atom. The maximum atomic E-state index is 5.43. The molecule has 16 heavy (non-hydrogen) atoms. The van der Waals surface area contributed by atoms with E-state index in [1.54, 1.807) is 10.9 Å². The van der Waals surface area contributed by atoms with Crippen molar-refractivity contribution in [3.8, 4) is 0 Å². The van der Waals surface area contributed by atoms with Crippen LogP contribution in [0.5, 0.6) is 0 Å². The lowest BCUT2D eigenvalue weighted by Crippen LogP contribution is -2.01. The van der Waals surface area contributed by atoms with Gasteiger partial charge in [0.15, 0.2) is 5.82 Å². The lowest BCUT2D eigenvalue weighted by Gasteiger charge is -1.93. The first kappa shape index (κ1) is 10.7. The van der Waals surface area contributed by atoms with Gasteiger partial charge in [-0.3, -0.25) is 0 Å². The van der Waals surface area contributed by atoms with Crippen LogP contribution in [0.1, 0.15) is 37.2 Å². The summed E-state index contributed by atoms with van der Waals surface area (Å²) in [6.45, 7) is 4.82. The smallest absolute Gasteiger partial charge is 0.248 e. The Bertz CT molecular complexity index is 460. The summed E-state index contributed by atoms with van der Waals surface area (Å²) in [5.41, 5.74) is 6.17. The predicted molar refractivity (Wildman–Crippen MR) is 55.4 cm³/mol. The Morgan fingerprint density at radius 2 is 2.31 bits per heavy atom. The molecular formula is C9H14N6O. The maximum absolute atomic E-state index is 5.43. The standard InChI is InChI=1S/C9H14N6O/c1-6(2)9-11-8(16-13-9)5-15-4-7(3-10)12-14-15/h4,6H,3,5,10H2,1-2H3. The molecule has 0 aromatic carbocycles. The molecule has 0 radical (unpaired) electrons. The molecule has 0 fully saturated rings. The number of hydrogen-bond donors (Lipinski definition) is 1. The van der Waals surface area contributed by atoms with Gasteiger partial charge in [0.25, 0.3) is 0 Å². The van der Waals surface area contributed by atoms with Crippen LogP contribution in [0.4, 0.5) is 0 Å². The van der Waals surface area contributed by atoms with E-state index in [1.807, 2.05) is 13.8 Å². The SMILES string of the molecule is CC(C)c1noc(Cn2cc(CN)nn2)n1. The Morgan fingerprint density at radius 3 is 2.88 bits per heavy atom. The second-order valence-electron chi connectivity index (χ2n) is 3.81. The molecule has 0 atom stereocenters. The Balaban J connectivity index is 2.08. The Labute approximate surface area is 92.6 Å². The average Bonchev–Trinajstić information content (AvgIpc) is 2.87. The van der Waals surface area contributed by atoms with Crippen LogP contribution >= 0.6 is 0 Å². The molecule has 7 heteroatoms. The van der Waals surface area contributed by atoms with Gasteiger partial charge in [0.05, 0.1) is 11.9 Å². The van der Waals surface area contributed by atoms with Crippen LogP contribution < -0.4 is 5.73 Å². The van der Waals surface area contributed by atoms with Crippen LogP contribution in [-0.4, -0.2) is 25.1 Å². The van der Waals surface area contributed by atoms with E-state index in [1.165, 1.54) is 0 Å². The van der Waals surface area contributed by atoms with Gasteiger partial charge in [-0.25, -0.2) is 4.68 Å². The van der Waals surface area contributed by atoms with Gasteiger partial charge in [0.1, 0.15) is 6.54 Å². The highest BCUT2D eigenvalue weighted by Gasteiger charge is 2.10. The highest BCUT2D eigenvalue weighted by atomic mass is 16.5. The van der Waals surface area contributed by atoms with E-state index in [2.05, 4.69) is 20.5 Å². The third kappa shape index (κ3) is 2.25. The van der Waals surface area contributed by atoms with Crippen molar-refractivity contribution in [3.05, 3.63) is 23.6 Å². The van der Waals surface area contributed by atoms with E-state index >= 15 is 0 Å². The van der Waals surface area contributed by atoms with Crippen molar-refractivity contribution in [1.29, 1.82) is 0 Å². The van der Waals surface area contributed by atoms with Crippen LogP contribution in [0.25, 0.3) is 0 Å². The van der Waals surface area contributed by atoms with E-state index in [4.69, 9.17) is 10.3 Å². The minimum Gasteiger partial charge on any atom is -0.337 e. The summed E-state index contributed by atoms with van der Waals surface area (Å²) in [5.74, 6) is 1.49. The lowest BCUT2D eigenvalue weighted by molar-refractivity contribution is 0.358. The van der Waals surface area contributed by atoms with Gasteiger partial charge in [-0.15, -0.1) is 5.10 Å². The molecule has 0 aliphatic carbocycles. The lowest BCUT2D eigenvalue weighted by atomic mass is 10.2. The molecule has 2 aromatic rings. The molecule has 0 amide bonds. The fourth-order valence-corrected chi connectivity index (χ4v) is 1.21. The third-order valence-corrected chi connectivity index (χ3v) is 2.09. The maximum Gasteiger partial charge on any atom is 0.248 e. The van der Waals surface area contributed by atoms with E-state index in [0.717, 1.165) is 5.69 Å². The van der Waals surface area contributed by atoms with Crippen molar-refractivity contribution < 1.29 is 4.52 Å². The second-order valence-corrected chi connectivity index (χ2v) is 3.81. The van der Waals surface area contributed by atoms with Crippen molar-refractivity contribution >= 4 is 0 Å². The monoisotopic (exact) mass is 222 g/mol. The van der Waals surface area contributed by atoms with Crippen LogP contribution in [-0.2, 0) is 13.1 Å². The van der Waals surface area contributed by atoms with Gasteiger partial charge in [-0.2, -0.15) is 4.98 Å². The first-order valence-corrected chi connectivity index (χ1v) is 5.10. The van der Waals surface area contributed by atoms with E-state index < -0.39 is 0 Å². The molecule has 0 saturated carbocycles. The van der Waals surface area contributed by atoms with Gasteiger partial charge in [0.2, 0.25) is 5.89 Å². The number of rotatable bonds is 4. The summed E-state index contributed by atoms with van der Waals surface area (Å²) >= 11 is 0. The topological polar surface area (TPSA) is 95.7 Å². The number of nitrogens with two attached hydrogens (primary N) is 1. The van der Waals surface area contributed by atoms with Gasteiger partial charge < -0.3 is 10.3 Å². The Kier molecular flexibility index (Phi) is 2.95. The van der Waals surface area contributed by atoms with Crippen LogP contribution in [0, 0.1) is 0 Å². The van der Waals surface area contributed by atoms with Gasteiger partial charge >= 0.3 is 0 Å². The van der Waals surface area contributed by atoms with E-state index in [-0.39, 0.29) is 5.92 Å². The molecule has 0 aliphatic rings. The molecular weight excluding hydrogens is 208 g/mol. The van der Waals surface area contributed by atoms with Crippen molar-refractivity contribution in [1.82, 2.24) is 25.1 Å². The van der Waals surface area contributed by atoms with Gasteiger partial charge in [0, 0.05) is 12.5 Å². The van der Waals surface area contributed by atoms with Gasteiger partial charge in [-0.05, 0) is 0 Å². The predicted octanol–water partition coefficient (Wildman–Crippen LogP) is 0.291.